The minimum absolute atomic E-state index is 0.0109. The molecule has 36 heavy (non-hydrogen) atoms. The van der Waals surface area contributed by atoms with Crippen molar-refractivity contribution in [2.24, 2.45) is 5.10 Å². The number of rotatable bonds is 9. The lowest BCUT2D eigenvalue weighted by Gasteiger charge is -2.11. The first-order chi connectivity index (χ1) is 17.3. The van der Waals surface area contributed by atoms with E-state index in [2.05, 4.69) is 15.8 Å². The van der Waals surface area contributed by atoms with E-state index in [1.807, 2.05) is 0 Å². The molecule has 3 rings (SSSR count). The molecular weight excluding hydrogens is 468 g/mol. The van der Waals surface area contributed by atoms with Gasteiger partial charge in [0.1, 0.15) is 23.9 Å². The number of benzene rings is 3. The molecule has 0 saturated carbocycles. The number of hydrazone groups is 1. The van der Waals surface area contributed by atoms with Gasteiger partial charge in [-0.05, 0) is 55.0 Å². The number of nitro groups is 1. The molecule has 2 amide bonds. The van der Waals surface area contributed by atoms with Gasteiger partial charge in [0.2, 0.25) is 0 Å². The summed E-state index contributed by atoms with van der Waals surface area (Å²) in [6, 6.07) is 16.3. The van der Waals surface area contributed by atoms with Crippen molar-refractivity contribution in [3.63, 3.8) is 0 Å². The zero-order valence-corrected chi connectivity index (χ0v) is 19.8. The smallest absolute Gasteiger partial charge is 0.329 e. The Morgan fingerprint density at radius 3 is 2.44 bits per heavy atom. The van der Waals surface area contributed by atoms with Crippen LogP contribution in [0.2, 0.25) is 0 Å². The molecule has 0 radical (unpaired) electrons. The first-order valence-corrected chi connectivity index (χ1v) is 10.6. The molecule has 0 heterocycles. The average Bonchev–Trinajstić information content (AvgIpc) is 2.87. The molecule has 0 aliphatic rings. The third-order valence-corrected chi connectivity index (χ3v) is 5.00. The van der Waals surface area contributed by atoms with Crippen LogP contribution in [-0.4, -0.2) is 37.2 Å². The van der Waals surface area contributed by atoms with Gasteiger partial charge in [-0.3, -0.25) is 19.7 Å². The normalized spacial score (nSPS) is 10.5. The molecule has 11 heteroatoms. The summed E-state index contributed by atoms with van der Waals surface area (Å²) in [5.74, 6) is -0.417. The number of nitrogens with zero attached hydrogens (tertiary/aromatic N) is 2. The quantitative estimate of drug-likeness (QED) is 0.201. The van der Waals surface area contributed by atoms with E-state index in [4.69, 9.17) is 14.2 Å². The van der Waals surface area contributed by atoms with Crippen LogP contribution in [0.5, 0.6) is 17.2 Å². The summed E-state index contributed by atoms with van der Waals surface area (Å²) in [4.78, 5) is 34.8. The van der Waals surface area contributed by atoms with Crippen LogP contribution in [0.1, 0.15) is 16.7 Å². The standard InChI is InChI=1S/C25H24N4O7/c1-16-12-19(9-10-21(16)29(32)33)36-15-18-13-17(8-11-22(18)34-2)14-26-28-25(31)24(30)27-20-6-4-5-7-23(20)35-3/h4-14H,15H2,1-3H3,(H,27,30)(H,28,31). The zero-order chi connectivity index (χ0) is 26.1. The van der Waals surface area contributed by atoms with E-state index in [-0.39, 0.29) is 12.3 Å². The third-order valence-electron chi connectivity index (χ3n) is 5.00. The van der Waals surface area contributed by atoms with Crippen molar-refractivity contribution in [3.8, 4) is 17.2 Å². The highest BCUT2D eigenvalue weighted by Crippen LogP contribution is 2.26. The maximum atomic E-state index is 12.1. The van der Waals surface area contributed by atoms with Gasteiger partial charge in [0, 0.05) is 17.2 Å². The Balaban J connectivity index is 1.63. The van der Waals surface area contributed by atoms with E-state index in [1.54, 1.807) is 55.5 Å². The summed E-state index contributed by atoms with van der Waals surface area (Å²) >= 11 is 0. The molecule has 3 aromatic carbocycles. The Bertz CT molecular complexity index is 1310. The summed E-state index contributed by atoms with van der Waals surface area (Å²) in [6.07, 6.45) is 1.37. The number of ether oxygens (including phenoxy) is 3. The van der Waals surface area contributed by atoms with Crippen LogP contribution < -0.4 is 25.0 Å². The number of para-hydroxylation sites is 2. The first kappa shape index (κ1) is 25.7. The van der Waals surface area contributed by atoms with Crippen molar-refractivity contribution in [3.05, 3.63) is 87.5 Å². The number of hydrogen-bond acceptors (Lipinski definition) is 8. The van der Waals surface area contributed by atoms with Gasteiger partial charge in [0.25, 0.3) is 5.69 Å². The second kappa shape index (κ2) is 12.0. The van der Waals surface area contributed by atoms with Crippen LogP contribution in [0.25, 0.3) is 0 Å². The maximum Gasteiger partial charge on any atom is 0.329 e. The Morgan fingerprint density at radius 1 is 1.00 bits per heavy atom. The molecule has 0 unspecified atom stereocenters. The maximum absolute atomic E-state index is 12.1. The van der Waals surface area contributed by atoms with Crippen molar-refractivity contribution < 1.29 is 28.7 Å². The van der Waals surface area contributed by atoms with Crippen LogP contribution in [0, 0.1) is 17.0 Å². The lowest BCUT2D eigenvalue weighted by molar-refractivity contribution is -0.385. The van der Waals surface area contributed by atoms with Gasteiger partial charge < -0.3 is 19.5 Å². The van der Waals surface area contributed by atoms with Crippen molar-refractivity contribution in [1.82, 2.24) is 5.43 Å². The number of aryl methyl sites for hydroxylation is 1. The van der Waals surface area contributed by atoms with Gasteiger partial charge in [-0.1, -0.05) is 12.1 Å². The van der Waals surface area contributed by atoms with Gasteiger partial charge in [-0.25, -0.2) is 5.43 Å². The Morgan fingerprint density at radius 2 is 1.75 bits per heavy atom. The highest BCUT2D eigenvalue weighted by atomic mass is 16.6. The van der Waals surface area contributed by atoms with Crippen molar-refractivity contribution in [2.45, 2.75) is 13.5 Å². The average molecular weight is 492 g/mol. The van der Waals surface area contributed by atoms with Gasteiger partial charge in [-0.2, -0.15) is 5.10 Å². The molecule has 0 spiro atoms. The van der Waals surface area contributed by atoms with Gasteiger partial charge >= 0.3 is 11.8 Å². The number of anilines is 1. The minimum Gasteiger partial charge on any atom is -0.496 e. The Kier molecular flexibility index (Phi) is 8.54. The Hall–Kier alpha value is -4.93. The molecule has 0 aliphatic heterocycles. The first-order valence-electron chi connectivity index (χ1n) is 10.6. The van der Waals surface area contributed by atoms with E-state index in [0.29, 0.717) is 39.6 Å². The monoisotopic (exact) mass is 492 g/mol. The van der Waals surface area contributed by atoms with Crippen LogP contribution in [0.4, 0.5) is 11.4 Å². The highest BCUT2D eigenvalue weighted by molar-refractivity contribution is 6.39. The molecule has 2 N–H and O–H groups in total. The van der Waals surface area contributed by atoms with Crippen LogP contribution in [0.3, 0.4) is 0 Å². The number of amides is 2. The minimum atomic E-state index is -0.956. The molecule has 0 fully saturated rings. The largest absolute Gasteiger partial charge is 0.496 e. The molecule has 0 atom stereocenters. The van der Waals surface area contributed by atoms with Crippen molar-refractivity contribution in [2.75, 3.05) is 19.5 Å². The second-order valence-corrected chi connectivity index (χ2v) is 7.42. The van der Waals surface area contributed by atoms with Crippen LogP contribution >= 0.6 is 0 Å². The lowest BCUT2D eigenvalue weighted by atomic mass is 10.1. The van der Waals surface area contributed by atoms with E-state index in [1.165, 1.54) is 32.6 Å². The number of hydrogen-bond donors (Lipinski definition) is 2. The number of nitrogens with one attached hydrogen (secondary N) is 2. The molecule has 186 valence electrons. The van der Waals surface area contributed by atoms with Crippen molar-refractivity contribution >= 4 is 29.4 Å². The number of carbonyl (C=O) groups excluding carboxylic acids is 2. The van der Waals surface area contributed by atoms with Crippen molar-refractivity contribution in [1.29, 1.82) is 0 Å². The molecule has 0 saturated heterocycles. The topological polar surface area (TPSA) is 141 Å². The third kappa shape index (κ3) is 6.56. The molecule has 0 bridgehead atoms. The van der Waals surface area contributed by atoms with Gasteiger partial charge in [0.05, 0.1) is 31.0 Å². The summed E-state index contributed by atoms with van der Waals surface area (Å²) in [5, 5.41) is 17.3. The number of methoxy groups -OCH3 is 2. The number of nitro benzene ring substituents is 1. The predicted molar refractivity (Wildman–Crippen MR) is 133 cm³/mol. The van der Waals surface area contributed by atoms with Crippen LogP contribution in [0.15, 0.2) is 65.8 Å². The lowest BCUT2D eigenvalue weighted by Crippen LogP contribution is -2.32. The molecule has 0 aromatic heterocycles. The fourth-order valence-electron chi connectivity index (χ4n) is 3.22. The molecule has 0 aliphatic carbocycles. The predicted octanol–water partition coefficient (Wildman–Crippen LogP) is 3.59. The second-order valence-electron chi connectivity index (χ2n) is 7.42. The Labute approximate surface area is 206 Å². The van der Waals surface area contributed by atoms with E-state index >= 15 is 0 Å². The summed E-state index contributed by atoms with van der Waals surface area (Å²) in [5.41, 5.74) is 4.31. The van der Waals surface area contributed by atoms with E-state index < -0.39 is 16.7 Å². The summed E-state index contributed by atoms with van der Waals surface area (Å²) in [7, 11) is 2.97. The summed E-state index contributed by atoms with van der Waals surface area (Å²) < 4.78 is 16.3. The van der Waals surface area contributed by atoms with E-state index in [0.717, 1.165) is 0 Å². The van der Waals surface area contributed by atoms with Gasteiger partial charge in [0.15, 0.2) is 0 Å². The number of carbonyl (C=O) groups is 2. The fourth-order valence-corrected chi connectivity index (χ4v) is 3.22. The van der Waals surface area contributed by atoms with E-state index in [9.17, 15) is 19.7 Å². The molecule has 3 aromatic rings. The summed E-state index contributed by atoms with van der Waals surface area (Å²) in [6.45, 7) is 1.75. The SMILES string of the molecule is COc1ccc(C=NNC(=O)C(=O)Nc2ccccc2OC)cc1COc1ccc([N+](=O)[O-])c(C)c1. The highest BCUT2D eigenvalue weighted by Gasteiger charge is 2.15. The molecule has 11 nitrogen and oxygen atoms in total. The zero-order valence-electron chi connectivity index (χ0n) is 19.8. The fraction of sp³-hybridized carbons (Fsp3) is 0.160. The van der Waals surface area contributed by atoms with Crippen LogP contribution in [-0.2, 0) is 16.2 Å². The van der Waals surface area contributed by atoms with Gasteiger partial charge in [-0.15, -0.1) is 0 Å². The molecular formula is C25H24N4O7.